The van der Waals surface area contributed by atoms with Crippen molar-refractivity contribution in [3.8, 4) is 11.8 Å². The Morgan fingerprint density at radius 2 is 2.05 bits per heavy atom. The minimum absolute atomic E-state index is 0.569. The van der Waals surface area contributed by atoms with Crippen LogP contribution in [-0.2, 0) is 6.54 Å². The first-order valence-corrected chi connectivity index (χ1v) is 6.59. The van der Waals surface area contributed by atoms with Crippen LogP contribution >= 0.6 is 11.6 Å². The number of halogens is 1. The summed E-state index contributed by atoms with van der Waals surface area (Å²) in [6.07, 6.45) is 0. The van der Waals surface area contributed by atoms with Gasteiger partial charge in [0, 0.05) is 17.3 Å². The lowest BCUT2D eigenvalue weighted by molar-refractivity contribution is 0.414. The molecule has 0 aliphatic rings. The minimum Gasteiger partial charge on any atom is -0.497 e. The van der Waals surface area contributed by atoms with E-state index in [1.807, 2.05) is 31.2 Å². The van der Waals surface area contributed by atoms with Crippen LogP contribution in [0, 0.1) is 18.3 Å². The van der Waals surface area contributed by atoms with Crippen LogP contribution in [-0.4, -0.2) is 7.11 Å². The molecule has 2 aromatic rings. The van der Waals surface area contributed by atoms with Crippen LogP contribution in [0.1, 0.15) is 16.7 Å². The van der Waals surface area contributed by atoms with Gasteiger partial charge in [0.25, 0.3) is 0 Å². The van der Waals surface area contributed by atoms with Crippen LogP contribution in [0.2, 0.25) is 5.02 Å². The van der Waals surface area contributed by atoms with Crippen molar-refractivity contribution >= 4 is 17.3 Å². The summed E-state index contributed by atoms with van der Waals surface area (Å²) in [5.74, 6) is 0.837. The Kier molecular flexibility index (Phi) is 4.49. The quantitative estimate of drug-likeness (QED) is 0.919. The van der Waals surface area contributed by atoms with E-state index >= 15 is 0 Å². The highest BCUT2D eigenvalue weighted by molar-refractivity contribution is 6.31. The molecular formula is C16H15ClN2O. The molecule has 0 atom stereocenters. The summed E-state index contributed by atoms with van der Waals surface area (Å²) in [7, 11) is 1.65. The maximum absolute atomic E-state index is 8.81. The zero-order valence-corrected chi connectivity index (χ0v) is 12.2. The van der Waals surface area contributed by atoms with Gasteiger partial charge in [-0.3, -0.25) is 0 Å². The second kappa shape index (κ2) is 6.31. The molecule has 0 radical (unpaired) electrons. The maximum atomic E-state index is 8.81. The van der Waals surface area contributed by atoms with E-state index in [0.29, 0.717) is 17.1 Å². The number of nitriles is 1. The molecule has 0 saturated heterocycles. The second-order valence-electron chi connectivity index (χ2n) is 4.45. The number of hydrogen-bond acceptors (Lipinski definition) is 3. The predicted octanol–water partition coefficient (Wildman–Crippen LogP) is 4.14. The van der Waals surface area contributed by atoms with Crippen LogP contribution in [0.5, 0.6) is 5.75 Å². The normalized spacial score (nSPS) is 9.90. The zero-order chi connectivity index (χ0) is 14.5. The van der Waals surface area contributed by atoms with Crippen LogP contribution < -0.4 is 10.1 Å². The van der Waals surface area contributed by atoms with Gasteiger partial charge >= 0.3 is 0 Å². The molecule has 0 spiro atoms. The fourth-order valence-corrected chi connectivity index (χ4v) is 2.16. The molecule has 0 aliphatic heterocycles. The van der Waals surface area contributed by atoms with Crippen molar-refractivity contribution in [2.24, 2.45) is 0 Å². The van der Waals surface area contributed by atoms with E-state index in [4.69, 9.17) is 21.6 Å². The second-order valence-corrected chi connectivity index (χ2v) is 4.86. The average Bonchev–Trinajstić information content (AvgIpc) is 2.46. The molecule has 0 bridgehead atoms. The number of hydrogen-bond donors (Lipinski definition) is 1. The Balaban J connectivity index is 2.11. The van der Waals surface area contributed by atoms with Crippen molar-refractivity contribution in [1.29, 1.82) is 5.26 Å². The third kappa shape index (κ3) is 3.23. The zero-order valence-electron chi connectivity index (χ0n) is 11.4. The van der Waals surface area contributed by atoms with Crippen LogP contribution in [0.15, 0.2) is 36.4 Å². The van der Waals surface area contributed by atoms with Gasteiger partial charge in [0.15, 0.2) is 0 Å². The molecule has 4 heteroatoms. The van der Waals surface area contributed by atoms with Crippen LogP contribution in [0.4, 0.5) is 5.69 Å². The van der Waals surface area contributed by atoms with Gasteiger partial charge in [0.05, 0.1) is 18.7 Å². The molecule has 2 aromatic carbocycles. The first-order chi connectivity index (χ1) is 9.63. The molecular weight excluding hydrogens is 272 g/mol. The van der Waals surface area contributed by atoms with Gasteiger partial charge in [0.2, 0.25) is 0 Å². The lowest BCUT2D eigenvalue weighted by Gasteiger charge is -2.12. The summed E-state index contributed by atoms with van der Waals surface area (Å²) >= 11 is 6.15. The summed E-state index contributed by atoms with van der Waals surface area (Å²) < 4.78 is 5.18. The lowest BCUT2D eigenvalue weighted by Crippen LogP contribution is -2.02. The van der Waals surface area contributed by atoms with Crippen molar-refractivity contribution in [1.82, 2.24) is 0 Å². The highest BCUT2D eigenvalue weighted by atomic mass is 35.5. The first kappa shape index (κ1) is 14.2. The molecule has 0 aliphatic carbocycles. The topological polar surface area (TPSA) is 45.0 Å². The van der Waals surface area contributed by atoms with E-state index in [1.165, 1.54) is 0 Å². The molecule has 0 aromatic heterocycles. The van der Waals surface area contributed by atoms with E-state index in [2.05, 4.69) is 11.4 Å². The van der Waals surface area contributed by atoms with E-state index in [0.717, 1.165) is 22.6 Å². The number of nitrogens with zero attached hydrogens (tertiary/aromatic N) is 1. The van der Waals surface area contributed by atoms with E-state index in [9.17, 15) is 0 Å². The van der Waals surface area contributed by atoms with Crippen molar-refractivity contribution in [3.63, 3.8) is 0 Å². The number of aryl methyl sites for hydroxylation is 1. The average molecular weight is 287 g/mol. The maximum Gasteiger partial charge on any atom is 0.119 e. The lowest BCUT2D eigenvalue weighted by atomic mass is 10.1. The Morgan fingerprint density at radius 1 is 1.25 bits per heavy atom. The molecule has 20 heavy (non-hydrogen) atoms. The third-order valence-corrected chi connectivity index (χ3v) is 3.44. The van der Waals surface area contributed by atoms with Gasteiger partial charge in [0.1, 0.15) is 5.75 Å². The summed E-state index contributed by atoms with van der Waals surface area (Å²) in [5.41, 5.74) is 3.67. The van der Waals surface area contributed by atoms with Crippen LogP contribution in [0.3, 0.4) is 0 Å². The smallest absolute Gasteiger partial charge is 0.119 e. The summed E-state index contributed by atoms with van der Waals surface area (Å²) in [6, 6.07) is 13.3. The van der Waals surface area contributed by atoms with Crippen LogP contribution in [0.25, 0.3) is 0 Å². The minimum atomic E-state index is 0.569. The first-order valence-electron chi connectivity index (χ1n) is 6.21. The third-order valence-electron chi connectivity index (χ3n) is 3.09. The van der Waals surface area contributed by atoms with Gasteiger partial charge in [-0.05, 0) is 48.4 Å². The highest BCUT2D eigenvalue weighted by Crippen LogP contribution is 2.23. The largest absolute Gasteiger partial charge is 0.497 e. The van der Waals surface area contributed by atoms with Gasteiger partial charge in [-0.25, -0.2) is 0 Å². The molecule has 3 nitrogen and oxygen atoms in total. The molecule has 102 valence electrons. The summed E-state index contributed by atoms with van der Waals surface area (Å²) in [5, 5.41) is 12.7. The fourth-order valence-electron chi connectivity index (χ4n) is 1.91. The van der Waals surface area contributed by atoms with Gasteiger partial charge < -0.3 is 10.1 Å². The molecule has 0 amide bonds. The fraction of sp³-hybridized carbons (Fsp3) is 0.188. The number of anilines is 1. The number of rotatable bonds is 4. The molecule has 0 heterocycles. The SMILES string of the molecule is COc1ccc(NCc2ccc(C#N)cc2Cl)c(C)c1. The van der Waals surface area contributed by atoms with E-state index in [-0.39, 0.29) is 0 Å². The molecule has 0 saturated carbocycles. The summed E-state index contributed by atoms with van der Waals surface area (Å²) in [4.78, 5) is 0. The Hall–Kier alpha value is -2.18. The monoisotopic (exact) mass is 286 g/mol. The standard InChI is InChI=1S/C16H15ClN2O/c1-11-7-14(20-2)5-6-16(11)19-10-13-4-3-12(9-18)8-15(13)17/h3-8,19H,10H2,1-2H3. The van der Waals surface area contributed by atoms with Gasteiger partial charge in [-0.15, -0.1) is 0 Å². The Bertz CT molecular complexity index is 662. The number of ether oxygens (including phenoxy) is 1. The van der Waals surface area contributed by atoms with Crippen molar-refractivity contribution in [2.45, 2.75) is 13.5 Å². The number of nitrogens with one attached hydrogen (secondary N) is 1. The Morgan fingerprint density at radius 3 is 2.65 bits per heavy atom. The van der Waals surface area contributed by atoms with Gasteiger partial charge in [-0.2, -0.15) is 5.26 Å². The van der Waals surface area contributed by atoms with E-state index < -0.39 is 0 Å². The molecule has 0 fully saturated rings. The Labute approximate surface area is 123 Å². The molecule has 2 rings (SSSR count). The van der Waals surface area contributed by atoms with E-state index in [1.54, 1.807) is 19.2 Å². The predicted molar refractivity (Wildman–Crippen MR) is 81.2 cm³/mol. The number of methoxy groups -OCH3 is 1. The van der Waals surface area contributed by atoms with Crippen molar-refractivity contribution in [2.75, 3.05) is 12.4 Å². The molecule has 1 N–H and O–H groups in total. The molecule has 0 unspecified atom stereocenters. The van der Waals surface area contributed by atoms with Crippen molar-refractivity contribution < 1.29 is 4.74 Å². The highest BCUT2D eigenvalue weighted by Gasteiger charge is 2.04. The van der Waals surface area contributed by atoms with Crippen molar-refractivity contribution in [3.05, 3.63) is 58.1 Å². The summed E-state index contributed by atoms with van der Waals surface area (Å²) in [6.45, 7) is 2.63. The number of benzene rings is 2. The van der Waals surface area contributed by atoms with Gasteiger partial charge in [-0.1, -0.05) is 17.7 Å².